The number of fused-ring (bicyclic) bond motifs is 1. The molecule has 1 N–H and O–H groups in total. The Balaban J connectivity index is 1.33. The molecule has 1 aromatic heterocycles. The van der Waals surface area contributed by atoms with Crippen LogP contribution in [0.5, 0.6) is 0 Å². The molecule has 1 saturated heterocycles. The van der Waals surface area contributed by atoms with Crippen LogP contribution in [-0.2, 0) is 0 Å². The monoisotopic (exact) mass is 408 g/mol. The number of nitrogens with one attached hydrogen (secondary N) is 1. The summed E-state index contributed by atoms with van der Waals surface area (Å²) in [6.07, 6.45) is 2.65. The van der Waals surface area contributed by atoms with E-state index in [9.17, 15) is 4.79 Å². The molecule has 0 radical (unpaired) electrons. The number of anilines is 1. The van der Waals surface area contributed by atoms with E-state index in [0.29, 0.717) is 6.54 Å². The summed E-state index contributed by atoms with van der Waals surface area (Å²) >= 11 is 0. The molecular formula is C26H24N4O. The first-order valence-corrected chi connectivity index (χ1v) is 10.6. The van der Waals surface area contributed by atoms with Gasteiger partial charge in [0.05, 0.1) is 17.2 Å². The quantitative estimate of drug-likeness (QED) is 0.520. The summed E-state index contributed by atoms with van der Waals surface area (Å²) in [4.78, 5) is 24.4. The van der Waals surface area contributed by atoms with Gasteiger partial charge in [-0.3, -0.25) is 9.78 Å². The van der Waals surface area contributed by atoms with Crippen LogP contribution in [0.2, 0.25) is 0 Å². The molecule has 1 unspecified atom stereocenters. The number of aromatic nitrogens is 2. The van der Waals surface area contributed by atoms with Gasteiger partial charge >= 0.3 is 0 Å². The normalized spacial score (nSPS) is 15.9. The highest BCUT2D eigenvalue weighted by Crippen LogP contribution is 2.27. The standard InChI is InChI=1S/C26H24N4O/c1-18-7-6-8-19(15-18)21-9-2-3-10-22(21)26(31)30-14-13-20(17-30)28-25-16-27-23-11-4-5-12-24(23)29-25/h2-12,15-16,20H,13-14,17H2,1H3,(H,28,29). The summed E-state index contributed by atoms with van der Waals surface area (Å²) in [5, 5.41) is 3.46. The van der Waals surface area contributed by atoms with Gasteiger partial charge in [0.2, 0.25) is 0 Å². The second kappa shape index (κ2) is 8.19. The van der Waals surface area contributed by atoms with Gasteiger partial charge in [-0.25, -0.2) is 4.98 Å². The van der Waals surface area contributed by atoms with E-state index in [0.717, 1.165) is 46.5 Å². The first-order valence-electron chi connectivity index (χ1n) is 10.6. The number of aryl methyl sites for hydroxylation is 1. The number of carbonyl (C=O) groups is 1. The smallest absolute Gasteiger partial charge is 0.254 e. The van der Waals surface area contributed by atoms with E-state index in [1.807, 2.05) is 59.5 Å². The van der Waals surface area contributed by atoms with Crippen LogP contribution in [0.15, 0.2) is 79.0 Å². The predicted molar refractivity (Wildman–Crippen MR) is 124 cm³/mol. The maximum Gasteiger partial charge on any atom is 0.254 e. The van der Waals surface area contributed by atoms with E-state index in [4.69, 9.17) is 0 Å². The lowest BCUT2D eigenvalue weighted by Gasteiger charge is -2.19. The number of rotatable bonds is 4. The van der Waals surface area contributed by atoms with Gasteiger partial charge in [0.1, 0.15) is 5.82 Å². The van der Waals surface area contributed by atoms with Crippen molar-refractivity contribution >= 4 is 22.8 Å². The summed E-state index contributed by atoms with van der Waals surface area (Å²) in [5.74, 6) is 0.823. The highest BCUT2D eigenvalue weighted by molar-refractivity contribution is 6.01. The molecule has 5 rings (SSSR count). The topological polar surface area (TPSA) is 58.1 Å². The van der Waals surface area contributed by atoms with E-state index in [2.05, 4.69) is 40.4 Å². The largest absolute Gasteiger partial charge is 0.364 e. The fraction of sp³-hybridized carbons (Fsp3) is 0.192. The molecular weight excluding hydrogens is 384 g/mol. The summed E-state index contributed by atoms with van der Waals surface area (Å²) in [5.41, 5.74) is 5.73. The Morgan fingerprint density at radius 1 is 1.00 bits per heavy atom. The molecule has 1 aliphatic rings. The van der Waals surface area contributed by atoms with Crippen molar-refractivity contribution in [1.29, 1.82) is 0 Å². The molecule has 1 amide bonds. The van der Waals surface area contributed by atoms with Gasteiger partial charge in [-0.15, -0.1) is 0 Å². The molecule has 1 fully saturated rings. The molecule has 1 aliphatic heterocycles. The number of hydrogen-bond acceptors (Lipinski definition) is 4. The van der Waals surface area contributed by atoms with E-state index in [1.165, 1.54) is 5.56 Å². The number of amides is 1. The van der Waals surface area contributed by atoms with Crippen LogP contribution in [0.3, 0.4) is 0 Å². The third-order valence-electron chi connectivity index (χ3n) is 5.76. The van der Waals surface area contributed by atoms with Gasteiger partial charge in [0.15, 0.2) is 0 Å². The average Bonchev–Trinajstić information content (AvgIpc) is 3.27. The number of carbonyl (C=O) groups excluding carboxylic acids is 1. The van der Waals surface area contributed by atoms with Crippen molar-refractivity contribution in [3.63, 3.8) is 0 Å². The Morgan fingerprint density at radius 2 is 1.81 bits per heavy atom. The van der Waals surface area contributed by atoms with Gasteiger partial charge < -0.3 is 10.2 Å². The van der Waals surface area contributed by atoms with Crippen LogP contribution in [0.1, 0.15) is 22.3 Å². The summed E-state index contributed by atoms with van der Waals surface area (Å²) in [6.45, 7) is 3.44. The molecule has 1 atom stereocenters. The molecule has 0 saturated carbocycles. The minimum Gasteiger partial charge on any atom is -0.364 e. The number of nitrogens with zero attached hydrogens (tertiary/aromatic N) is 3. The van der Waals surface area contributed by atoms with Crippen molar-refractivity contribution in [2.45, 2.75) is 19.4 Å². The fourth-order valence-electron chi connectivity index (χ4n) is 4.20. The first-order chi connectivity index (χ1) is 15.2. The summed E-state index contributed by atoms with van der Waals surface area (Å²) in [6, 6.07) is 24.1. The minimum atomic E-state index is 0.0750. The number of para-hydroxylation sites is 2. The lowest BCUT2D eigenvalue weighted by Crippen LogP contribution is -2.32. The Labute approximate surface area is 181 Å². The van der Waals surface area contributed by atoms with Crippen molar-refractivity contribution in [3.05, 3.63) is 90.1 Å². The Hall–Kier alpha value is -3.73. The zero-order chi connectivity index (χ0) is 21.2. The molecule has 5 heteroatoms. The molecule has 0 aliphatic carbocycles. The van der Waals surface area contributed by atoms with E-state index < -0.39 is 0 Å². The second-order valence-corrected chi connectivity index (χ2v) is 8.04. The maximum absolute atomic E-state index is 13.4. The third-order valence-corrected chi connectivity index (χ3v) is 5.76. The van der Waals surface area contributed by atoms with E-state index >= 15 is 0 Å². The lowest BCUT2D eigenvalue weighted by atomic mass is 9.97. The maximum atomic E-state index is 13.4. The van der Waals surface area contributed by atoms with Gasteiger partial charge in [-0.05, 0) is 42.7 Å². The summed E-state index contributed by atoms with van der Waals surface area (Å²) < 4.78 is 0. The average molecular weight is 409 g/mol. The summed E-state index contributed by atoms with van der Waals surface area (Å²) in [7, 11) is 0. The van der Waals surface area contributed by atoms with Crippen LogP contribution in [0.25, 0.3) is 22.2 Å². The number of likely N-dealkylation sites (tertiary alicyclic amines) is 1. The van der Waals surface area contributed by atoms with Crippen molar-refractivity contribution in [3.8, 4) is 11.1 Å². The SMILES string of the molecule is Cc1cccc(-c2ccccc2C(=O)N2CCC(Nc3cnc4ccccc4n3)C2)c1. The molecule has 3 aromatic carbocycles. The van der Waals surface area contributed by atoms with Crippen LogP contribution < -0.4 is 5.32 Å². The number of benzene rings is 3. The van der Waals surface area contributed by atoms with Crippen LogP contribution in [0, 0.1) is 6.92 Å². The Morgan fingerprint density at radius 3 is 2.68 bits per heavy atom. The van der Waals surface area contributed by atoms with Crippen LogP contribution in [0.4, 0.5) is 5.82 Å². The molecule has 0 bridgehead atoms. The molecule has 154 valence electrons. The molecule has 5 nitrogen and oxygen atoms in total. The first kappa shape index (κ1) is 19.2. The predicted octanol–water partition coefficient (Wildman–Crippen LogP) is 4.93. The van der Waals surface area contributed by atoms with Gasteiger partial charge in [-0.2, -0.15) is 0 Å². The Bertz CT molecular complexity index is 1250. The highest BCUT2D eigenvalue weighted by Gasteiger charge is 2.28. The fourth-order valence-corrected chi connectivity index (χ4v) is 4.20. The van der Waals surface area contributed by atoms with Gasteiger partial charge in [0, 0.05) is 24.7 Å². The van der Waals surface area contributed by atoms with Crippen molar-refractivity contribution in [1.82, 2.24) is 14.9 Å². The number of hydrogen-bond donors (Lipinski definition) is 1. The van der Waals surface area contributed by atoms with Crippen molar-refractivity contribution in [2.24, 2.45) is 0 Å². The van der Waals surface area contributed by atoms with Gasteiger partial charge in [-0.1, -0.05) is 60.2 Å². The third kappa shape index (κ3) is 3.99. The van der Waals surface area contributed by atoms with Crippen LogP contribution in [-0.4, -0.2) is 39.9 Å². The molecule has 4 aromatic rings. The highest BCUT2D eigenvalue weighted by atomic mass is 16.2. The Kier molecular flexibility index (Phi) is 5.08. The van der Waals surface area contributed by atoms with Crippen molar-refractivity contribution in [2.75, 3.05) is 18.4 Å². The second-order valence-electron chi connectivity index (χ2n) is 8.04. The molecule has 0 spiro atoms. The molecule has 2 heterocycles. The zero-order valence-electron chi connectivity index (χ0n) is 17.5. The van der Waals surface area contributed by atoms with E-state index in [-0.39, 0.29) is 11.9 Å². The minimum absolute atomic E-state index is 0.0750. The molecule has 31 heavy (non-hydrogen) atoms. The van der Waals surface area contributed by atoms with E-state index in [1.54, 1.807) is 6.20 Å². The van der Waals surface area contributed by atoms with Crippen LogP contribution >= 0.6 is 0 Å². The van der Waals surface area contributed by atoms with Crippen molar-refractivity contribution < 1.29 is 4.79 Å². The lowest BCUT2D eigenvalue weighted by molar-refractivity contribution is 0.0792. The van der Waals surface area contributed by atoms with Gasteiger partial charge in [0.25, 0.3) is 5.91 Å². The zero-order valence-corrected chi connectivity index (χ0v) is 17.5.